The lowest BCUT2D eigenvalue weighted by atomic mass is 10.1. The number of rotatable bonds is 7. The zero-order chi connectivity index (χ0) is 15.1. The van der Waals surface area contributed by atoms with Crippen molar-refractivity contribution in [1.82, 2.24) is 0 Å². The van der Waals surface area contributed by atoms with Crippen molar-refractivity contribution >= 4 is 5.69 Å². The molecule has 1 atom stereocenters. The molecule has 2 aromatic carbocycles. The summed E-state index contributed by atoms with van der Waals surface area (Å²) in [5.41, 5.74) is 2.20. The van der Waals surface area contributed by atoms with Crippen LogP contribution in [0.5, 0.6) is 0 Å². The smallest absolute Gasteiger partial charge is 0.269 e. The summed E-state index contributed by atoms with van der Waals surface area (Å²) in [6, 6.07) is 16.7. The molecule has 2 aromatic rings. The van der Waals surface area contributed by atoms with E-state index in [4.69, 9.17) is 0 Å². The Labute approximate surface area is 123 Å². The van der Waals surface area contributed by atoms with E-state index in [9.17, 15) is 15.2 Å². The first-order chi connectivity index (χ1) is 10.2. The Bertz CT molecular complexity index is 587. The molecule has 0 spiro atoms. The van der Waals surface area contributed by atoms with Crippen LogP contribution in [0.1, 0.15) is 11.1 Å². The molecule has 0 aliphatic carbocycles. The highest BCUT2D eigenvalue weighted by Gasteiger charge is 2.12. The summed E-state index contributed by atoms with van der Waals surface area (Å²) in [5.74, 6) is 0. The van der Waals surface area contributed by atoms with Gasteiger partial charge < -0.3 is 10.0 Å². The molecule has 5 heteroatoms. The highest BCUT2D eigenvalue weighted by molar-refractivity contribution is 5.33. The molecule has 0 amide bonds. The van der Waals surface area contributed by atoms with Crippen LogP contribution in [0.4, 0.5) is 5.69 Å². The summed E-state index contributed by atoms with van der Waals surface area (Å²) in [4.78, 5) is 11.6. The van der Waals surface area contributed by atoms with Gasteiger partial charge in [-0.25, -0.2) is 0 Å². The molecule has 110 valence electrons. The van der Waals surface area contributed by atoms with Crippen LogP contribution in [0.15, 0.2) is 54.6 Å². The van der Waals surface area contributed by atoms with E-state index in [1.54, 1.807) is 12.1 Å². The Morgan fingerprint density at radius 3 is 2.33 bits per heavy atom. The minimum Gasteiger partial charge on any atom is -0.391 e. The van der Waals surface area contributed by atoms with Gasteiger partial charge in [-0.2, -0.15) is 0 Å². The number of nitro groups is 1. The van der Waals surface area contributed by atoms with Gasteiger partial charge in [0.1, 0.15) is 19.6 Å². The predicted molar refractivity (Wildman–Crippen MR) is 79.9 cm³/mol. The van der Waals surface area contributed by atoms with Crippen molar-refractivity contribution in [1.29, 1.82) is 0 Å². The Morgan fingerprint density at radius 2 is 1.67 bits per heavy atom. The van der Waals surface area contributed by atoms with Crippen LogP contribution in [-0.4, -0.2) is 23.2 Å². The Hall–Kier alpha value is -2.24. The molecule has 2 rings (SSSR count). The molecule has 0 radical (unpaired) electrons. The number of hydrogen-bond donors (Lipinski definition) is 2. The van der Waals surface area contributed by atoms with E-state index in [0.29, 0.717) is 13.1 Å². The van der Waals surface area contributed by atoms with Crippen molar-refractivity contribution in [3.8, 4) is 0 Å². The summed E-state index contributed by atoms with van der Waals surface area (Å²) in [7, 11) is 0. The predicted octanol–water partition coefficient (Wildman–Crippen LogP) is 1.17. The van der Waals surface area contributed by atoms with Gasteiger partial charge in [-0.05, 0) is 0 Å². The first-order valence-corrected chi connectivity index (χ1v) is 6.90. The van der Waals surface area contributed by atoms with Crippen LogP contribution in [-0.2, 0) is 13.1 Å². The summed E-state index contributed by atoms with van der Waals surface area (Å²) in [5, 5.41) is 20.0. The molecule has 2 N–H and O–H groups in total. The van der Waals surface area contributed by atoms with Crippen molar-refractivity contribution in [2.75, 3.05) is 13.2 Å². The fourth-order valence-electron chi connectivity index (χ4n) is 2.35. The summed E-state index contributed by atoms with van der Waals surface area (Å²) >= 11 is 0. The molecule has 0 saturated heterocycles. The van der Waals surface area contributed by atoms with E-state index in [0.717, 1.165) is 12.1 Å². The first kappa shape index (κ1) is 15.2. The lowest BCUT2D eigenvalue weighted by Crippen LogP contribution is -3.09. The lowest BCUT2D eigenvalue weighted by Gasteiger charge is -2.18. The number of non-ortho nitro benzene ring substituents is 1. The first-order valence-electron chi connectivity index (χ1n) is 6.90. The zero-order valence-corrected chi connectivity index (χ0v) is 11.7. The number of nitro benzene ring substituents is 1. The summed E-state index contributed by atoms with van der Waals surface area (Å²) in [6.45, 7) is 2.13. The monoisotopic (exact) mass is 287 g/mol. The molecule has 5 nitrogen and oxygen atoms in total. The summed E-state index contributed by atoms with van der Waals surface area (Å²) in [6.07, 6.45) is 0. The fraction of sp³-hybridized carbons (Fsp3) is 0.250. The standard InChI is InChI=1S/C16H18N2O3/c19-10-9-17(12-14-5-2-1-3-6-14)13-15-7-4-8-16(11-15)18(20)21/h1-8,11,19H,9-10,12-13H2/p+1. The van der Waals surface area contributed by atoms with Crippen molar-refractivity contribution in [3.63, 3.8) is 0 Å². The third-order valence-corrected chi connectivity index (χ3v) is 3.34. The third kappa shape index (κ3) is 4.66. The molecule has 1 unspecified atom stereocenters. The van der Waals surface area contributed by atoms with E-state index in [1.807, 2.05) is 36.4 Å². The van der Waals surface area contributed by atoms with Gasteiger partial charge in [-0.3, -0.25) is 10.1 Å². The topological polar surface area (TPSA) is 67.8 Å². The normalized spacial score (nSPS) is 12.0. The fourth-order valence-corrected chi connectivity index (χ4v) is 2.35. The van der Waals surface area contributed by atoms with Crippen molar-refractivity contribution in [3.05, 3.63) is 75.8 Å². The van der Waals surface area contributed by atoms with Gasteiger partial charge in [0.05, 0.1) is 11.5 Å². The van der Waals surface area contributed by atoms with E-state index < -0.39 is 0 Å². The molecule has 0 aromatic heterocycles. The molecule has 0 saturated carbocycles. The van der Waals surface area contributed by atoms with Crippen LogP contribution in [0.25, 0.3) is 0 Å². The van der Waals surface area contributed by atoms with E-state index in [-0.39, 0.29) is 17.2 Å². The quantitative estimate of drug-likeness (QED) is 0.593. The van der Waals surface area contributed by atoms with Crippen molar-refractivity contribution < 1.29 is 14.9 Å². The number of nitrogens with one attached hydrogen (secondary N) is 1. The maximum atomic E-state index is 10.8. The maximum absolute atomic E-state index is 10.8. The average Bonchev–Trinajstić information content (AvgIpc) is 2.49. The number of aliphatic hydroxyl groups excluding tert-OH is 1. The van der Waals surface area contributed by atoms with Crippen molar-refractivity contribution in [2.45, 2.75) is 13.1 Å². The largest absolute Gasteiger partial charge is 0.391 e. The molecular weight excluding hydrogens is 268 g/mol. The highest BCUT2D eigenvalue weighted by Crippen LogP contribution is 2.12. The molecular formula is C16H19N2O3+. The minimum absolute atomic E-state index is 0.0943. The highest BCUT2D eigenvalue weighted by atomic mass is 16.6. The Morgan fingerprint density at radius 1 is 1.00 bits per heavy atom. The number of aliphatic hydroxyl groups is 1. The van der Waals surface area contributed by atoms with Crippen LogP contribution < -0.4 is 4.90 Å². The molecule has 0 aliphatic heterocycles. The SMILES string of the molecule is O=[N+]([O-])c1cccc(C[NH+](CCO)Cc2ccccc2)c1. The van der Waals surface area contributed by atoms with Crippen LogP contribution in [0.2, 0.25) is 0 Å². The lowest BCUT2D eigenvalue weighted by molar-refractivity contribution is -0.927. The summed E-state index contributed by atoms with van der Waals surface area (Å²) < 4.78 is 0. The van der Waals surface area contributed by atoms with Gasteiger partial charge >= 0.3 is 0 Å². The number of benzene rings is 2. The third-order valence-electron chi connectivity index (χ3n) is 3.34. The number of hydrogen-bond acceptors (Lipinski definition) is 3. The van der Waals surface area contributed by atoms with Gasteiger partial charge in [0.2, 0.25) is 0 Å². The minimum atomic E-state index is -0.383. The van der Waals surface area contributed by atoms with Crippen LogP contribution >= 0.6 is 0 Å². The molecule has 0 heterocycles. The molecule has 0 aliphatic rings. The number of quaternary nitrogens is 1. The van der Waals surface area contributed by atoms with Gasteiger partial charge in [0, 0.05) is 23.3 Å². The van der Waals surface area contributed by atoms with Gasteiger partial charge in [0.25, 0.3) is 5.69 Å². The van der Waals surface area contributed by atoms with E-state index in [2.05, 4.69) is 0 Å². The second kappa shape index (κ2) is 7.52. The van der Waals surface area contributed by atoms with Gasteiger partial charge in [0.15, 0.2) is 0 Å². The number of nitrogens with zero attached hydrogens (tertiary/aromatic N) is 1. The van der Waals surface area contributed by atoms with Crippen molar-refractivity contribution in [2.24, 2.45) is 0 Å². The zero-order valence-electron chi connectivity index (χ0n) is 11.7. The Kier molecular flexibility index (Phi) is 5.43. The van der Waals surface area contributed by atoms with E-state index in [1.165, 1.54) is 16.5 Å². The van der Waals surface area contributed by atoms with Crippen LogP contribution in [0.3, 0.4) is 0 Å². The average molecular weight is 287 g/mol. The maximum Gasteiger partial charge on any atom is 0.269 e. The van der Waals surface area contributed by atoms with E-state index >= 15 is 0 Å². The van der Waals surface area contributed by atoms with Gasteiger partial charge in [-0.1, -0.05) is 42.5 Å². The molecule has 0 fully saturated rings. The van der Waals surface area contributed by atoms with Gasteiger partial charge in [-0.15, -0.1) is 0 Å². The van der Waals surface area contributed by atoms with Crippen LogP contribution in [0, 0.1) is 10.1 Å². The second-order valence-electron chi connectivity index (χ2n) is 4.99. The molecule has 21 heavy (non-hydrogen) atoms. The molecule has 0 bridgehead atoms. The second-order valence-corrected chi connectivity index (χ2v) is 4.99. The Balaban J connectivity index is 2.09.